The van der Waals surface area contributed by atoms with E-state index < -0.39 is 31.1 Å². The molecule has 1 fully saturated rings. The Hall–Kier alpha value is -3.23. The number of fused-ring (bicyclic) bond motifs is 1. The second-order valence-electron chi connectivity index (χ2n) is 11.3. The Balaban J connectivity index is 1.57. The molecule has 5 N–H and O–H groups in total. The van der Waals surface area contributed by atoms with Gasteiger partial charge in [-0.25, -0.2) is 15.0 Å². The Morgan fingerprint density at radius 1 is 1.03 bits per heavy atom. The predicted molar refractivity (Wildman–Crippen MR) is 139 cm³/mol. The Labute approximate surface area is 216 Å². The van der Waals surface area contributed by atoms with Crippen LogP contribution in [-0.4, -0.2) is 66.4 Å². The molecular formula is C27H35N5O5. The van der Waals surface area contributed by atoms with E-state index >= 15 is 0 Å². The summed E-state index contributed by atoms with van der Waals surface area (Å²) < 4.78 is 13.0. The molecule has 0 amide bonds. The maximum atomic E-state index is 10.4. The number of anilines is 1. The highest BCUT2D eigenvalue weighted by atomic mass is 16.6. The van der Waals surface area contributed by atoms with Crippen molar-refractivity contribution >= 4 is 17.0 Å². The monoisotopic (exact) mass is 509 g/mol. The number of hydrogen-bond donors (Lipinski definition) is 4. The fourth-order valence-corrected chi connectivity index (χ4v) is 4.07. The van der Waals surface area contributed by atoms with Gasteiger partial charge in [-0.3, -0.25) is 4.57 Å². The number of rotatable bonds is 4. The van der Waals surface area contributed by atoms with Crippen LogP contribution in [0.15, 0.2) is 24.5 Å². The summed E-state index contributed by atoms with van der Waals surface area (Å²) in [6, 6.07) is 6.30. The summed E-state index contributed by atoms with van der Waals surface area (Å²) >= 11 is 0. The standard InChI is InChI=1S/C27H35N5O5/c1-26(2,3)15-10-16(27(4,5)6)12-17(11-15)36-9-7-8-19-30-23(28)20-24(31-19)32(14-29-20)25-22(35)21(34)18(13-33)37-25/h10-12,14,18,21-22,25,33-35H,9,13H2,1-6H3,(H2,28,30,31)/t18-,21-,22-,25-/m1/s1. The topological polar surface area (TPSA) is 149 Å². The highest BCUT2D eigenvalue weighted by Crippen LogP contribution is 2.33. The lowest BCUT2D eigenvalue weighted by atomic mass is 9.80. The zero-order valence-corrected chi connectivity index (χ0v) is 22.1. The largest absolute Gasteiger partial charge is 0.481 e. The van der Waals surface area contributed by atoms with Crippen molar-refractivity contribution in [3.8, 4) is 17.6 Å². The van der Waals surface area contributed by atoms with Crippen molar-refractivity contribution in [2.45, 2.75) is 76.9 Å². The van der Waals surface area contributed by atoms with Crippen LogP contribution in [0.5, 0.6) is 5.75 Å². The van der Waals surface area contributed by atoms with Crippen LogP contribution in [0, 0.1) is 11.8 Å². The van der Waals surface area contributed by atoms with Crippen molar-refractivity contribution in [3.05, 3.63) is 41.5 Å². The van der Waals surface area contributed by atoms with Gasteiger partial charge >= 0.3 is 0 Å². The summed E-state index contributed by atoms with van der Waals surface area (Å²) in [5, 5.41) is 29.9. The van der Waals surface area contributed by atoms with Gasteiger partial charge in [0.1, 0.15) is 36.2 Å². The number of hydrogen-bond acceptors (Lipinski definition) is 9. The minimum absolute atomic E-state index is 0.0291. The van der Waals surface area contributed by atoms with Gasteiger partial charge in [0.05, 0.1) is 12.9 Å². The number of nitrogen functional groups attached to an aromatic ring is 1. The van der Waals surface area contributed by atoms with E-state index in [2.05, 4.69) is 74.4 Å². The summed E-state index contributed by atoms with van der Waals surface area (Å²) in [5.74, 6) is 6.82. The van der Waals surface area contributed by atoms with Gasteiger partial charge in [-0.2, -0.15) is 0 Å². The lowest BCUT2D eigenvalue weighted by molar-refractivity contribution is -0.0511. The first-order valence-electron chi connectivity index (χ1n) is 12.2. The average molecular weight is 510 g/mol. The molecule has 1 aliphatic rings. The van der Waals surface area contributed by atoms with Crippen LogP contribution in [0.4, 0.5) is 5.82 Å². The van der Waals surface area contributed by atoms with Gasteiger partial charge in [0.25, 0.3) is 0 Å². The van der Waals surface area contributed by atoms with Gasteiger partial charge in [-0.05, 0) is 40.0 Å². The third-order valence-electron chi connectivity index (χ3n) is 6.39. The van der Waals surface area contributed by atoms with E-state index in [9.17, 15) is 15.3 Å². The molecule has 1 aromatic carbocycles. The highest BCUT2D eigenvalue weighted by Gasteiger charge is 2.44. The third kappa shape index (κ3) is 5.55. The van der Waals surface area contributed by atoms with E-state index in [0.29, 0.717) is 11.2 Å². The zero-order valence-electron chi connectivity index (χ0n) is 22.1. The molecule has 37 heavy (non-hydrogen) atoms. The molecule has 1 aliphatic heterocycles. The van der Waals surface area contributed by atoms with Crippen LogP contribution in [0.3, 0.4) is 0 Å². The van der Waals surface area contributed by atoms with E-state index in [4.69, 9.17) is 15.2 Å². The molecule has 10 heteroatoms. The molecule has 0 aliphatic carbocycles. The fraction of sp³-hybridized carbons (Fsp3) is 0.519. The van der Waals surface area contributed by atoms with Crippen molar-refractivity contribution in [2.75, 3.05) is 18.9 Å². The Kier molecular flexibility index (Phi) is 7.18. The van der Waals surface area contributed by atoms with Crippen LogP contribution >= 0.6 is 0 Å². The molecule has 0 spiro atoms. The smallest absolute Gasteiger partial charge is 0.209 e. The quantitative estimate of drug-likeness (QED) is 0.388. The number of aromatic nitrogens is 4. The number of aliphatic hydroxyl groups is 3. The van der Waals surface area contributed by atoms with E-state index in [1.165, 1.54) is 22.0 Å². The van der Waals surface area contributed by atoms with Gasteiger partial charge < -0.3 is 30.5 Å². The second-order valence-corrected chi connectivity index (χ2v) is 11.3. The molecular weight excluding hydrogens is 474 g/mol. The molecule has 1 saturated heterocycles. The van der Waals surface area contributed by atoms with Crippen molar-refractivity contribution in [2.24, 2.45) is 0 Å². The van der Waals surface area contributed by atoms with Crippen LogP contribution in [-0.2, 0) is 15.6 Å². The van der Waals surface area contributed by atoms with E-state index in [0.717, 1.165) is 5.75 Å². The summed E-state index contributed by atoms with van der Waals surface area (Å²) in [7, 11) is 0. The molecule has 0 saturated carbocycles. The summed E-state index contributed by atoms with van der Waals surface area (Å²) in [6.07, 6.45) is -3.06. The van der Waals surface area contributed by atoms with Crippen molar-refractivity contribution in [1.29, 1.82) is 0 Å². The summed E-state index contributed by atoms with van der Waals surface area (Å²) in [6.45, 7) is 12.7. The molecule has 4 atom stereocenters. The van der Waals surface area contributed by atoms with Crippen LogP contribution in [0.1, 0.15) is 64.7 Å². The summed E-state index contributed by atoms with van der Waals surface area (Å²) in [4.78, 5) is 12.9. The van der Waals surface area contributed by atoms with Gasteiger partial charge in [-0.15, -0.1) is 0 Å². The van der Waals surface area contributed by atoms with Gasteiger partial charge in [0, 0.05) is 0 Å². The van der Waals surface area contributed by atoms with Crippen molar-refractivity contribution in [1.82, 2.24) is 19.5 Å². The maximum Gasteiger partial charge on any atom is 0.209 e. The number of imidazole rings is 1. The maximum absolute atomic E-state index is 10.4. The molecule has 3 heterocycles. The number of nitrogens with two attached hydrogens (primary N) is 1. The predicted octanol–water partition coefficient (Wildman–Crippen LogP) is 2.05. The van der Waals surface area contributed by atoms with E-state index in [1.807, 2.05) is 12.1 Å². The minimum atomic E-state index is -1.28. The normalized spacial score (nSPS) is 22.2. The Morgan fingerprint density at radius 3 is 2.24 bits per heavy atom. The molecule has 2 aromatic heterocycles. The zero-order chi connectivity index (χ0) is 27.1. The third-order valence-corrected chi connectivity index (χ3v) is 6.39. The SMILES string of the molecule is CC(C)(C)c1cc(OCC#Cc2nc(N)c3ncn([C@@H]4O[C@H](CO)[C@@H](O)[C@H]4O)c3n2)cc(C(C)(C)C)c1. The number of ether oxygens (including phenoxy) is 2. The first-order valence-corrected chi connectivity index (χ1v) is 12.2. The fourth-order valence-electron chi connectivity index (χ4n) is 4.07. The average Bonchev–Trinajstić information content (AvgIpc) is 3.36. The van der Waals surface area contributed by atoms with Gasteiger partial charge in [0.15, 0.2) is 17.7 Å². The molecule has 0 radical (unpaired) electrons. The van der Waals surface area contributed by atoms with Crippen molar-refractivity contribution < 1.29 is 24.8 Å². The molecule has 0 bridgehead atoms. The molecule has 10 nitrogen and oxygen atoms in total. The number of nitrogens with zero attached hydrogens (tertiary/aromatic N) is 4. The van der Waals surface area contributed by atoms with Crippen LogP contribution in [0.2, 0.25) is 0 Å². The molecule has 4 rings (SSSR count). The number of aliphatic hydroxyl groups excluding tert-OH is 3. The van der Waals surface area contributed by atoms with Crippen LogP contribution in [0.25, 0.3) is 11.2 Å². The Morgan fingerprint density at radius 2 is 1.68 bits per heavy atom. The molecule has 3 aromatic rings. The summed E-state index contributed by atoms with van der Waals surface area (Å²) in [5.41, 5.74) is 8.99. The van der Waals surface area contributed by atoms with Gasteiger partial charge in [-0.1, -0.05) is 53.5 Å². The molecule has 198 valence electrons. The van der Waals surface area contributed by atoms with Crippen LogP contribution < -0.4 is 10.5 Å². The Bertz CT molecular complexity index is 1310. The van der Waals surface area contributed by atoms with Crippen molar-refractivity contribution in [3.63, 3.8) is 0 Å². The second kappa shape index (κ2) is 9.91. The first kappa shape index (κ1) is 26.8. The van der Waals surface area contributed by atoms with E-state index in [1.54, 1.807) is 0 Å². The highest BCUT2D eigenvalue weighted by molar-refractivity contribution is 5.82. The first-order chi connectivity index (χ1) is 17.3. The molecule has 0 unspecified atom stereocenters. The number of benzene rings is 1. The van der Waals surface area contributed by atoms with Gasteiger partial charge in [0.2, 0.25) is 5.82 Å². The minimum Gasteiger partial charge on any atom is -0.481 e. The lowest BCUT2D eigenvalue weighted by Crippen LogP contribution is -2.33. The lowest BCUT2D eigenvalue weighted by Gasteiger charge is -2.26. The van der Waals surface area contributed by atoms with E-state index in [-0.39, 0.29) is 29.1 Å².